The first-order valence-corrected chi connectivity index (χ1v) is 5.30. The predicted molar refractivity (Wildman–Crippen MR) is 53.4 cm³/mol. The molecular formula is C9H12N6O. The molecule has 1 aliphatic heterocycles. The highest BCUT2D eigenvalue weighted by Crippen LogP contribution is 2.20. The molecule has 1 fully saturated rings. The monoisotopic (exact) mass is 220 g/mol. The average molecular weight is 220 g/mol. The standard InChI is InChI=1S/C9H12N6O/c1-2-7(11-3-1)9-13-8(16-14-9)4-15-6-10-5-12-15/h5-7,11H,1-4H2. The van der Waals surface area contributed by atoms with Gasteiger partial charge in [-0.15, -0.1) is 0 Å². The largest absolute Gasteiger partial charge is 0.337 e. The molecule has 1 aliphatic rings. The molecule has 84 valence electrons. The zero-order chi connectivity index (χ0) is 10.8. The Kier molecular flexibility index (Phi) is 2.37. The Balaban J connectivity index is 1.72. The number of rotatable bonds is 3. The van der Waals surface area contributed by atoms with Crippen molar-refractivity contribution in [2.45, 2.75) is 25.4 Å². The quantitative estimate of drug-likeness (QED) is 0.792. The van der Waals surface area contributed by atoms with Gasteiger partial charge in [-0.1, -0.05) is 5.16 Å². The highest BCUT2D eigenvalue weighted by Gasteiger charge is 2.21. The van der Waals surface area contributed by atoms with Crippen LogP contribution in [-0.4, -0.2) is 31.4 Å². The van der Waals surface area contributed by atoms with E-state index in [9.17, 15) is 0 Å². The summed E-state index contributed by atoms with van der Waals surface area (Å²) in [5.41, 5.74) is 0. The van der Waals surface area contributed by atoms with Gasteiger partial charge in [-0.05, 0) is 19.4 Å². The number of aromatic nitrogens is 5. The van der Waals surface area contributed by atoms with Crippen molar-refractivity contribution in [2.75, 3.05) is 6.54 Å². The fourth-order valence-electron chi connectivity index (χ4n) is 1.83. The maximum Gasteiger partial charge on any atom is 0.248 e. The van der Waals surface area contributed by atoms with Gasteiger partial charge in [-0.3, -0.25) is 0 Å². The van der Waals surface area contributed by atoms with Crippen LogP contribution in [0, 0.1) is 0 Å². The molecule has 0 aliphatic carbocycles. The minimum atomic E-state index is 0.244. The van der Waals surface area contributed by atoms with E-state index in [2.05, 4.69) is 25.5 Å². The lowest BCUT2D eigenvalue weighted by Crippen LogP contribution is -2.14. The van der Waals surface area contributed by atoms with Gasteiger partial charge in [0.15, 0.2) is 5.82 Å². The van der Waals surface area contributed by atoms with Gasteiger partial charge in [-0.2, -0.15) is 10.1 Å². The second-order valence-corrected chi connectivity index (χ2v) is 3.79. The summed E-state index contributed by atoms with van der Waals surface area (Å²) in [6.45, 7) is 1.50. The molecular weight excluding hydrogens is 208 g/mol. The summed E-state index contributed by atoms with van der Waals surface area (Å²) >= 11 is 0. The summed E-state index contributed by atoms with van der Waals surface area (Å²) in [6.07, 6.45) is 5.34. The second-order valence-electron chi connectivity index (χ2n) is 3.79. The van der Waals surface area contributed by atoms with Crippen molar-refractivity contribution in [3.63, 3.8) is 0 Å². The van der Waals surface area contributed by atoms with Gasteiger partial charge < -0.3 is 9.84 Å². The summed E-state index contributed by atoms with van der Waals surface area (Å²) in [5.74, 6) is 1.31. The van der Waals surface area contributed by atoms with E-state index in [0.29, 0.717) is 12.4 Å². The Morgan fingerprint density at radius 1 is 1.56 bits per heavy atom. The van der Waals surface area contributed by atoms with Gasteiger partial charge in [0.2, 0.25) is 5.89 Å². The minimum absolute atomic E-state index is 0.244. The summed E-state index contributed by atoms with van der Waals surface area (Å²) in [7, 11) is 0. The van der Waals surface area contributed by atoms with Crippen molar-refractivity contribution in [3.8, 4) is 0 Å². The smallest absolute Gasteiger partial charge is 0.248 e. The van der Waals surface area contributed by atoms with E-state index in [-0.39, 0.29) is 6.04 Å². The highest BCUT2D eigenvalue weighted by molar-refractivity contribution is 4.96. The Hall–Kier alpha value is -1.76. The Morgan fingerprint density at radius 2 is 2.56 bits per heavy atom. The van der Waals surface area contributed by atoms with Crippen molar-refractivity contribution < 1.29 is 4.52 Å². The van der Waals surface area contributed by atoms with Crippen LogP contribution in [0.2, 0.25) is 0 Å². The molecule has 2 aromatic heterocycles. The molecule has 0 saturated carbocycles. The van der Waals surface area contributed by atoms with Crippen molar-refractivity contribution in [3.05, 3.63) is 24.4 Å². The minimum Gasteiger partial charge on any atom is -0.337 e. The van der Waals surface area contributed by atoms with Crippen LogP contribution < -0.4 is 5.32 Å². The van der Waals surface area contributed by atoms with Crippen LogP contribution in [0.15, 0.2) is 17.2 Å². The first-order chi connectivity index (χ1) is 7.92. The van der Waals surface area contributed by atoms with Gasteiger partial charge >= 0.3 is 0 Å². The van der Waals surface area contributed by atoms with E-state index in [0.717, 1.165) is 25.2 Å². The zero-order valence-electron chi connectivity index (χ0n) is 8.70. The van der Waals surface area contributed by atoms with Gasteiger partial charge in [-0.25, -0.2) is 9.67 Å². The summed E-state index contributed by atoms with van der Waals surface area (Å²) in [6, 6.07) is 0.244. The summed E-state index contributed by atoms with van der Waals surface area (Å²) in [4.78, 5) is 8.19. The number of nitrogens with one attached hydrogen (secondary N) is 1. The number of hydrogen-bond donors (Lipinski definition) is 1. The van der Waals surface area contributed by atoms with Crippen LogP contribution >= 0.6 is 0 Å². The lowest BCUT2D eigenvalue weighted by molar-refractivity contribution is 0.357. The van der Waals surface area contributed by atoms with E-state index in [1.807, 2.05) is 0 Å². The maximum atomic E-state index is 5.16. The zero-order valence-corrected chi connectivity index (χ0v) is 8.70. The maximum absolute atomic E-state index is 5.16. The van der Waals surface area contributed by atoms with Crippen molar-refractivity contribution in [1.82, 2.24) is 30.2 Å². The van der Waals surface area contributed by atoms with Crippen LogP contribution in [0.4, 0.5) is 0 Å². The third kappa shape index (κ3) is 1.81. The molecule has 0 amide bonds. The van der Waals surface area contributed by atoms with Crippen LogP contribution in [0.5, 0.6) is 0 Å². The highest BCUT2D eigenvalue weighted by atomic mass is 16.5. The van der Waals surface area contributed by atoms with Crippen molar-refractivity contribution >= 4 is 0 Å². The second kappa shape index (κ2) is 4.01. The lowest BCUT2D eigenvalue weighted by atomic mass is 10.2. The SMILES string of the molecule is c1ncn(Cc2nc(C3CCCN3)no2)n1. The fraction of sp³-hybridized carbons (Fsp3) is 0.556. The van der Waals surface area contributed by atoms with Crippen LogP contribution in [0.1, 0.15) is 30.6 Å². The number of hydrogen-bond acceptors (Lipinski definition) is 6. The molecule has 1 N–H and O–H groups in total. The van der Waals surface area contributed by atoms with E-state index < -0.39 is 0 Å². The number of nitrogens with zero attached hydrogens (tertiary/aromatic N) is 5. The molecule has 0 aromatic carbocycles. The molecule has 2 aromatic rings. The third-order valence-electron chi connectivity index (χ3n) is 2.62. The van der Waals surface area contributed by atoms with Crippen LogP contribution in [-0.2, 0) is 6.54 Å². The first-order valence-electron chi connectivity index (χ1n) is 5.30. The van der Waals surface area contributed by atoms with Crippen molar-refractivity contribution in [1.29, 1.82) is 0 Å². The molecule has 0 bridgehead atoms. The molecule has 7 heteroatoms. The van der Waals surface area contributed by atoms with Crippen LogP contribution in [0.3, 0.4) is 0 Å². The molecule has 0 radical (unpaired) electrons. The van der Waals surface area contributed by atoms with Gasteiger partial charge in [0.05, 0.1) is 6.04 Å². The Bertz CT molecular complexity index is 444. The normalized spacial score (nSPS) is 20.4. The lowest BCUT2D eigenvalue weighted by Gasteiger charge is -2.01. The molecule has 1 unspecified atom stereocenters. The molecule has 3 rings (SSSR count). The molecule has 1 saturated heterocycles. The topological polar surface area (TPSA) is 81.7 Å². The van der Waals surface area contributed by atoms with Gasteiger partial charge in [0, 0.05) is 0 Å². The van der Waals surface area contributed by atoms with Crippen molar-refractivity contribution in [2.24, 2.45) is 0 Å². The molecule has 3 heterocycles. The summed E-state index contributed by atoms with van der Waals surface area (Å²) in [5, 5.41) is 11.3. The molecule has 0 spiro atoms. The van der Waals surface area contributed by atoms with Gasteiger partial charge in [0.25, 0.3) is 0 Å². The summed E-state index contributed by atoms with van der Waals surface area (Å²) < 4.78 is 6.81. The van der Waals surface area contributed by atoms with Crippen LogP contribution in [0.25, 0.3) is 0 Å². The fourth-order valence-corrected chi connectivity index (χ4v) is 1.83. The first kappa shape index (κ1) is 9.46. The molecule has 7 nitrogen and oxygen atoms in total. The van der Waals surface area contributed by atoms with Gasteiger partial charge in [0.1, 0.15) is 19.2 Å². The van der Waals surface area contributed by atoms with E-state index in [1.165, 1.54) is 6.33 Å². The Labute approximate surface area is 91.9 Å². The van der Waals surface area contributed by atoms with E-state index in [4.69, 9.17) is 4.52 Å². The van der Waals surface area contributed by atoms with E-state index in [1.54, 1.807) is 11.0 Å². The Morgan fingerprint density at radius 3 is 3.31 bits per heavy atom. The average Bonchev–Trinajstić information content (AvgIpc) is 2.99. The third-order valence-corrected chi connectivity index (χ3v) is 2.62. The predicted octanol–water partition coefficient (Wildman–Crippen LogP) is 0.134. The van der Waals surface area contributed by atoms with E-state index >= 15 is 0 Å². The molecule has 16 heavy (non-hydrogen) atoms. The molecule has 1 atom stereocenters.